The summed E-state index contributed by atoms with van der Waals surface area (Å²) in [5.74, 6) is -0.171. The van der Waals surface area contributed by atoms with Gasteiger partial charge in [-0.2, -0.15) is 0 Å². The molecule has 0 spiro atoms. The molecule has 2 nitrogen and oxygen atoms in total. The van der Waals surface area contributed by atoms with E-state index in [2.05, 4.69) is 41.8 Å². The van der Waals surface area contributed by atoms with E-state index in [9.17, 15) is 4.39 Å². The Hall–Kier alpha value is -1.23. The van der Waals surface area contributed by atoms with Gasteiger partial charge in [0.15, 0.2) is 0 Å². The lowest BCUT2D eigenvalue weighted by molar-refractivity contribution is 0.292. The molecule has 0 aliphatic rings. The van der Waals surface area contributed by atoms with Crippen molar-refractivity contribution in [3.8, 4) is 0 Å². The first-order valence-corrected chi connectivity index (χ1v) is 7.61. The molecule has 0 radical (unpaired) electrons. The summed E-state index contributed by atoms with van der Waals surface area (Å²) in [6.07, 6.45) is 0. The van der Waals surface area contributed by atoms with Gasteiger partial charge in [0.1, 0.15) is 5.82 Å². The zero-order valence-corrected chi connectivity index (χ0v) is 13.0. The summed E-state index contributed by atoms with van der Waals surface area (Å²) in [5.41, 5.74) is 2.14. The van der Waals surface area contributed by atoms with Gasteiger partial charge in [0, 0.05) is 18.0 Å². The van der Waals surface area contributed by atoms with Gasteiger partial charge in [0.2, 0.25) is 0 Å². The third-order valence-corrected chi connectivity index (χ3v) is 4.43. The van der Waals surface area contributed by atoms with Gasteiger partial charge in [-0.15, -0.1) is 11.3 Å². The maximum absolute atomic E-state index is 13.3. The van der Waals surface area contributed by atoms with Crippen LogP contribution in [0.2, 0.25) is 0 Å². The summed E-state index contributed by atoms with van der Waals surface area (Å²) >= 11 is 1.77. The second-order valence-corrected chi connectivity index (χ2v) is 6.18. The highest BCUT2D eigenvalue weighted by Gasteiger charge is 2.14. The molecular weight excluding hydrogens is 271 g/mol. The van der Waals surface area contributed by atoms with E-state index in [4.69, 9.17) is 0 Å². The van der Waals surface area contributed by atoms with E-state index >= 15 is 0 Å². The second-order valence-electron chi connectivity index (χ2n) is 5.20. The zero-order chi connectivity index (χ0) is 14.5. The smallest absolute Gasteiger partial charge is 0.123 e. The average molecular weight is 292 g/mol. The summed E-state index contributed by atoms with van der Waals surface area (Å²) in [5, 5.41) is 5.54. The van der Waals surface area contributed by atoms with E-state index in [1.165, 1.54) is 10.9 Å². The molecule has 4 heteroatoms. The van der Waals surface area contributed by atoms with Crippen LogP contribution < -0.4 is 5.32 Å². The van der Waals surface area contributed by atoms with Crippen molar-refractivity contribution < 1.29 is 4.39 Å². The van der Waals surface area contributed by atoms with Crippen molar-refractivity contribution in [2.45, 2.75) is 19.5 Å². The number of halogens is 1. The Morgan fingerprint density at radius 1 is 1.30 bits per heavy atom. The van der Waals surface area contributed by atoms with Crippen LogP contribution in [-0.4, -0.2) is 25.5 Å². The normalized spacial score (nSPS) is 12.8. The van der Waals surface area contributed by atoms with E-state index in [1.54, 1.807) is 17.4 Å². The number of benzene rings is 1. The van der Waals surface area contributed by atoms with Gasteiger partial charge in [0.05, 0.1) is 6.04 Å². The summed E-state index contributed by atoms with van der Waals surface area (Å²) in [4.78, 5) is 3.55. The highest BCUT2D eigenvalue weighted by atomic mass is 32.1. The van der Waals surface area contributed by atoms with E-state index in [0.717, 1.165) is 17.7 Å². The predicted octanol–water partition coefficient (Wildman–Crippen LogP) is 3.59. The first kappa shape index (κ1) is 15.2. The molecule has 0 saturated heterocycles. The molecule has 0 aliphatic carbocycles. The molecule has 1 aromatic carbocycles. The van der Waals surface area contributed by atoms with Crippen LogP contribution >= 0.6 is 11.3 Å². The fourth-order valence-corrected chi connectivity index (χ4v) is 3.12. The number of hydrogen-bond donors (Lipinski definition) is 1. The minimum atomic E-state index is -0.171. The third-order valence-electron chi connectivity index (χ3n) is 3.46. The molecule has 108 valence electrons. The summed E-state index contributed by atoms with van der Waals surface area (Å²) in [7, 11) is 4.17. The molecule has 0 bridgehead atoms. The Morgan fingerprint density at radius 3 is 2.75 bits per heavy atom. The minimum absolute atomic E-state index is 0.171. The van der Waals surface area contributed by atoms with Crippen molar-refractivity contribution in [2.24, 2.45) is 0 Å². The highest BCUT2D eigenvalue weighted by Crippen LogP contribution is 2.22. The summed E-state index contributed by atoms with van der Waals surface area (Å²) in [6, 6.07) is 9.53. The maximum atomic E-state index is 13.3. The fourth-order valence-electron chi connectivity index (χ4n) is 2.19. The summed E-state index contributed by atoms with van der Waals surface area (Å²) in [6.45, 7) is 3.56. The Morgan fingerprint density at radius 2 is 2.10 bits per heavy atom. The Kier molecular flexibility index (Phi) is 5.29. The Labute approximate surface area is 124 Å². The maximum Gasteiger partial charge on any atom is 0.123 e. The summed E-state index contributed by atoms with van der Waals surface area (Å²) < 4.78 is 13.3. The van der Waals surface area contributed by atoms with Gasteiger partial charge in [0.25, 0.3) is 0 Å². The van der Waals surface area contributed by atoms with Gasteiger partial charge in [-0.1, -0.05) is 12.1 Å². The zero-order valence-electron chi connectivity index (χ0n) is 12.2. The van der Waals surface area contributed by atoms with Crippen molar-refractivity contribution in [1.82, 2.24) is 10.2 Å². The molecule has 0 aliphatic heterocycles. The van der Waals surface area contributed by atoms with E-state index in [1.807, 2.05) is 13.0 Å². The molecule has 1 atom stereocenters. The monoisotopic (exact) mass is 292 g/mol. The van der Waals surface area contributed by atoms with Crippen LogP contribution in [0.4, 0.5) is 4.39 Å². The van der Waals surface area contributed by atoms with Crippen molar-refractivity contribution in [3.63, 3.8) is 0 Å². The Bertz CT molecular complexity index is 537. The highest BCUT2D eigenvalue weighted by molar-refractivity contribution is 7.10. The molecule has 0 saturated carbocycles. The number of nitrogens with zero attached hydrogens (tertiary/aromatic N) is 1. The largest absolute Gasteiger partial charge is 0.311 e. The van der Waals surface area contributed by atoms with E-state index in [0.29, 0.717) is 12.6 Å². The SMILES string of the molecule is Cc1ccc(F)cc1CNCC(c1cccs1)N(C)C. The molecule has 2 rings (SSSR count). The molecule has 0 amide bonds. The molecule has 2 aromatic rings. The van der Waals surface area contributed by atoms with Crippen molar-refractivity contribution in [3.05, 3.63) is 57.5 Å². The number of likely N-dealkylation sites (N-methyl/N-ethyl adjacent to an activating group) is 1. The van der Waals surface area contributed by atoms with Crippen LogP contribution in [0.5, 0.6) is 0 Å². The number of hydrogen-bond acceptors (Lipinski definition) is 3. The van der Waals surface area contributed by atoms with Crippen LogP contribution in [0.25, 0.3) is 0 Å². The first-order chi connectivity index (χ1) is 9.58. The van der Waals surface area contributed by atoms with Crippen LogP contribution in [0, 0.1) is 12.7 Å². The molecule has 20 heavy (non-hydrogen) atoms. The lowest BCUT2D eigenvalue weighted by atomic mass is 10.1. The average Bonchev–Trinajstić information content (AvgIpc) is 2.91. The molecule has 0 fully saturated rings. The third kappa shape index (κ3) is 3.88. The number of thiophene rings is 1. The van der Waals surface area contributed by atoms with Crippen LogP contribution in [0.3, 0.4) is 0 Å². The van der Waals surface area contributed by atoms with Crippen LogP contribution in [0.15, 0.2) is 35.7 Å². The van der Waals surface area contributed by atoms with E-state index < -0.39 is 0 Å². The van der Waals surface area contributed by atoms with Crippen LogP contribution in [0.1, 0.15) is 22.0 Å². The van der Waals surface area contributed by atoms with Crippen LogP contribution in [-0.2, 0) is 6.54 Å². The second kappa shape index (κ2) is 6.97. The predicted molar refractivity (Wildman–Crippen MR) is 83.6 cm³/mol. The number of nitrogens with one attached hydrogen (secondary N) is 1. The van der Waals surface area contributed by atoms with Gasteiger partial charge in [-0.3, -0.25) is 0 Å². The number of aryl methyl sites for hydroxylation is 1. The fraction of sp³-hybridized carbons (Fsp3) is 0.375. The van der Waals surface area contributed by atoms with Gasteiger partial charge >= 0.3 is 0 Å². The molecule has 1 unspecified atom stereocenters. The van der Waals surface area contributed by atoms with Gasteiger partial charge in [-0.25, -0.2) is 4.39 Å². The molecular formula is C16H21FN2S. The lowest BCUT2D eigenvalue weighted by Gasteiger charge is -2.23. The van der Waals surface area contributed by atoms with Crippen molar-refractivity contribution >= 4 is 11.3 Å². The molecule has 1 heterocycles. The minimum Gasteiger partial charge on any atom is -0.311 e. The lowest BCUT2D eigenvalue weighted by Crippen LogP contribution is -2.30. The molecule has 1 N–H and O–H groups in total. The number of rotatable bonds is 6. The standard InChI is InChI=1S/C16H21FN2S/c1-12-6-7-14(17)9-13(12)10-18-11-15(19(2)3)16-5-4-8-20-16/h4-9,15,18H,10-11H2,1-3H3. The van der Waals surface area contributed by atoms with Gasteiger partial charge in [-0.05, 0) is 55.7 Å². The van der Waals surface area contributed by atoms with Crippen molar-refractivity contribution in [1.29, 1.82) is 0 Å². The quantitative estimate of drug-likeness (QED) is 0.875. The van der Waals surface area contributed by atoms with Gasteiger partial charge < -0.3 is 10.2 Å². The molecule has 1 aromatic heterocycles. The first-order valence-electron chi connectivity index (χ1n) is 6.73. The topological polar surface area (TPSA) is 15.3 Å². The van der Waals surface area contributed by atoms with Crippen molar-refractivity contribution in [2.75, 3.05) is 20.6 Å². The Balaban J connectivity index is 1.95. The van der Waals surface area contributed by atoms with E-state index in [-0.39, 0.29) is 5.82 Å².